The van der Waals surface area contributed by atoms with E-state index in [0.717, 1.165) is 17.2 Å². The van der Waals surface area contributed by atoms with Crippen molar-refractivity contribution in [1.82, 2.24) is 15.0 Å². The molecule has 3 aromatic rings. The van der Waals surface area contributed by atoms with E-state index >= 15 is 0 Å². The summed E-state index contributed by atoms with van der Waals surface area (Å²) in [6.07, 6.45) is -3.43. The number of rotatable bonds is 5. The molecule has 1 aliphatic heterocycles. The predicted molar refractivity (Wildman–Crippen MR) is 113 cm³/mol. The first kappa shape index (κ1) is 22.0. The normalized spacial score (nSPS) is 15.6. The van der Waals surface area contributed by atoms with Gasteiger partial charge in [-0.15, -0.1) is 0 Å². The van der Waals surface area contributed by atoms with Crippen LogP contribution in [0.2, 0.25) is 0 Å². The van der Waals surface area contributed by atoms with Crippen molar-refractivity contribution in [2.75, 3.05) is 18.4 Å². The molecule has 0 aliphatic carbocycles. The summed E-state index contributed by atoms with van der Waals surface area (Å²) >= 11 is 0. The van der Waals surface area contributed by atoms with E-state index in [9.17, 15) is 18.0 Å². The van der Waals surface area contributed by atoms with Crippen molar-refractivity contribution in [3.63, 3.8) is 0 Å². The average Bonchev–Trinajstić information content (AvgIpc) is 3.22. The highest BCUT2D eigenvalue weighted by Gasteiger charge is 2.34. The van der Waals surface area contributed by atoms with Gasteiger partial charge in [0.15, 0.2) is 5.82 Å². The van der Waals surface area contributed by atoms with Gasteiger partial charge < -0.3 is 9.84 Å². The summed E-state index contributed by atoms with van der Waals surface area (Å²) in [5, 5.41) is 6.51. The topological polar surface area (TPSA) is 71.3 Å². The largest absolute Gasteiger partial charge is 0.418 e. The van der Waals surface area contributed by atoms with Crippen LogP contribution in [0.3, 0.4) is 0 Å². The molecule has 0 radical (unpaired) electrons. The number of halogens is 3. The Morgan fingerprint density at radius 2 is 1.91 bits per heavy atom. The lowest BCUT2D eigenvalue weighted by Gasteiger charge is -2.30. The van der Waals surface area contributed by atoms with Gasteiger partial charge in [-0.05, 0) is 57.1 Å². The number of anilines is 1. The monoisotopic (exact) mass is 444 g/mol. The van der Waals surface area contributed by atoms with Crippen LogP contribution >= 0.6 is 0 Å². The molecular formula is C23H23F3N4O2. The minimum atomic E-state index is -4.52. The van der Waals surface area contributed by atoms with E-state index in [1.807, 2.05) is 31.2 Å². The second-order valence-electron chi connectivity index (χ2n) is 7.97. The summed E-state index contributed by atoms with van der Waals surface area (Å²) in [4.78, 5) is 19.1. The Morgan fingerprint density at radius 1 is 1.16 bits per heavy atom. The van der Waals surface area contributed by atoms with E-state index in [1.165, 1.54) is 18.2 Å². The standard InChI is InChI=1S/C23H23F3N4O2/c1-15-5-4-6-17(13-15)22-28-20(29-32-22)14-30-11-9-16(10-12-30)21(31)27-19-8-3-2-7-18(19)23(24,25)26/h2-8,13,16H,9-12,14H2,1H3,(H,27,31). The van der Waals surface area contributed by atoms with Crippen LogP contribution in [0.5, 0.6) is 0 Å². The number of alkyl halides is 3. The molecule has 1 aromatic heterocycles. The maximum atomic E-state index is 13.2. The molecule has 6 nitrogen and oxygen atoms in total. The molecule has 9 heteroatoms. The number of aromatic nitrogens is 2. The molecule has 32 heavy (non-hydrogen) atoms. The fraction of sp³-hybridized carbons (Fsp3) is 0.348. The molecule has 1 saturated heterocycles. The van der Waals surface area contributed by atoms with Gasteiger partial charge >= 0.3 is 6.18 Å². The molecule has 0 bridgehead atoms. The summed E-state index contributed by atoms with van der Waals surface area (Å²) in [7, 11) is 0. The number of hydrogen-bond donors (Lipinski definition) is 1. The average molecular weight is 444 g/mol. The molecule has 0 saturated carbocycles. The van der Waals surface area contributed by atoms with Crippen molar-refractivity contribution in [3.05, 3.63) is 65.5 Å². The highest BCUT2D eigenvalue weighted by Crippen LogP contribution is 2.35. The summed E-state index contributed by atoms with van der Waals surface area (Å²) in [5.41, 5.74) is 0.911. The third-order valence-electron chi connectivity index (χ3n) is 5.55. The Hall–Kier alpha value is -3.20. The van der Waals surface area contributed by atoms with Gasteiger partial charge in [0.25, 0.3) is 5.89 Å². The Balaban J connectivity index is 1.32. The van der Waals surface area contributed by atoms with E-state index in [-0.39, 0.29) is 17.5 Å². The van der Waals surface area contributed by atoms with Crippen molar-refractivity contribution in [2.24, 2.45) is 5.92 Å². The van der Waals surface area contributed by atoms with E-state index in [4.69, 9.17) is 4.52 Å². The molecule has 0 unspecified atom stereocenters. The van der Waals surface area contributed by atoms with Gasteiger partial charge in [0.05, 0.1) is 17.8 Å². The number of amides is 1. The third-order valence-corrected chi connectivity index (χ3v) is 5.55. The molecule has 1 amide bonds. The summed E-state index contributed by atoms with van der Waals surface area (Å²) in [5.74, 6) is 0.285. The minimum absolute atomic E-state index is 0.206. The fourth-order valence-corrected chi connectivity index (χ4v) is 3.84. The number of aryl methyl sites for hydroxylation is 1. The number of nitrogens with one attached hydrogen (secondary N) is 1. The van der Waals surface area contributed by atoms with Crippen LogP contribution in [0, 0.1) is 12.8 Å². The van der Waals surface area contributed by atoms with E-state index < -0.39 is 11.7 Å². The van der Waals surface area contributed by atoms with Crippen molar-refractivity contribution in [1.29, 1.82) is 0 Å². The minimum Gasteiger partial charge on any atom is -0.334 e. The zero-order valence-corrected chi connectivity index (χ0v) is 17.5. The van der Waals surface area contributed by atoms with Gasteiger partial charge in [-0.1, -0.05) is 35.0 Å². The quantitative estimate of drug-likeness (QED) is 0.605. The number of nitrogens with zero attached hydrogens (tertiary/aromatic N) is 3. The molecule has 0 atom stereocenters. The number of carbonyl (C=O) groups is 1. The highest BCUT2D eigenvalue weighted by molar-refractivity contribution is 5.93. The SMILES string of the molecule is Cc1cccc(-c2nc(CN3CCC(C(=O)Nc4ccccc4C(F)(F)F)CC3)no2)c1. The van der Waals surface area contributed by atoms with Crippen LogP contribution in [-0.2, 0) is 17.5 Å². The first-order valence-electron chi connectivity index (χ1n) is 10.4. The predicted octanol–water partition coefficient (Wildman–Crippen LogP) is 4.91. The summed E-state index contributed by atoms with van der Waals surface area (Å²) in [6.45, 7) is 3.71. The smallest absolute Gasteiger partial charge is 0.334 e. The molecular weight excluding hydrogens is 421 g/mol. The lowest BCUT2D eigenvalue weighted by Crippen LogP contribution is -2.38. The van der Waals surface area contributed by atoms with E-state index in [2.05, 4.69) is 20.4 Å². The Bertz CT molecular complexity index is 1090. The summed E-state index contributed by atoms with van der Waals surface area (Å²) in [6, 6.07) is 12.8. The molecule has 1 N–H and O–H groups in total. The first-order valence-corrected chi connectivity index (χ1v) is 10.4. The van der Waals surface area contributed by atoms with Gasteiger partial charge in [0.2, 0.25) is 5.91 Å². The molecule has 1 fully saturated rings. The lowest BCUT2D eigenvalue weighted by molar-refractivity contribution is -0.137. The van der Waals surface area contributed by atoms with Gasteiger partial charge in [-0.3, -0.25) is 9.69 Å². The van der Waals surface area contributed by atoms with E-state index in [1.54, 1.807) is 0 Å². The van der Waals surface area contributed by atoms with Crippen molar-refractivity contribution < 1.29 is 22.5 Å². The zero-order valence-electron chi connectivity index (χ0n) is 17.5. The maximum Gasteiger partial charge on any atom is 0.418 e. The van der Waals surface area contributed by atoms with Crippen molar-refractivity contribution in [2.45, 2.75) is 32.5 Å². The number of para-hydroxylation sites is 1. The maximum absolute atomic E-state index is 13.2. The number of hydrogen-bond acceptors (Lipinski definition) is 5. The van der Waals surface area contributed by atoms with Crippen molar-refractivity contribution in [3.8, 4) is 11.5 Å². The van der Waals surface area contributed by atoms with Gasteiger partial charge in [0, 0.05) is 11.5 Å². The van der Waals surface area contributed by atoms with Crippen LogP contribution in [-0.4, -0.2) is 34.0 Å². The second kappa shape index (κ2) is 9.12. The van der Waals surface area contributed by atoms with Crippen LogP contribution in [0.15, 0.2) is 53.1 Å². The first-order chi connectivity index (χ1) is 15.3. The van der Waals surface area contributed by atoms with E-state index in [0.29, 0.717) is 44.2 Å². The third kappa shape index (κ3) is 5.16. The number of piperidine rings is 1. The van der Waals surface area contributed by atoms with Crippen LogP contribution in [0.4, 0.5) is 18.9 Å². The fourth-order valence-electron chi connectivity index (χ4n) is 3.84. The number of carbonyl (C=O) groups excluding carboxylic acids is 1. The number of benzene rings is 2. The van der Waals surface area contributed by atoms with Crippen LogP contribution < -0.4 is 5.32 Å². The molecule has 4 rings (SSSR count). The highest BCUT2D eigenvalue weighted by atomic mass is 19.4. The molecule has 2 heterocycles. The Kier molecular flexibility index (Phi) is 6.27. The second-order valence-corrected chi connectivity index (χ2v) is 7.97. The van der Waals surface area contributed by atoms with Crippen LogP contribution in [0.1, 0.15) is 29.8 Å². The van der Waals surface area contributed by atoms with Crippen molar-refractivity contribution >= 4 is 11.6 Å². The Labute approximate surface area is 183 Å². The lowest BCUT2D eigenvalue weighted by atomic mass is 9.95. The van der Waals surface area contributed by atoms with Gasteiger partial charge in [0.1, 0.15) is 0 Å². The van der Waals surface area contributed by atoms with Gasteiger partial charge in [-0.2, -0.15) is 18.2 Å². The molecule has 0 spiro atoms. The molecule has 168 valence electrons. The summed E-state index contributed by atoms with van der Waals surface area (Å²) < 4.78 is 44.8. The van der Waals surface area contributed by atoms with Gasteiger partial charge in [-0.25, -0.2) is 0 Å². The van der Waals surface area contributed by atoms with Crippen LogP contribution in [0.25, 0.3) is 11.5 Å². The number of likely N-dealkylation sites (tertiary alicyclic amines) is 1. The Morgan fingerprint density at radius 3 is 2.62 bits per heavy atom. The molecule has 1 aliphatic rings. The zero-order chi connectivity index (χ0) is 22.7. The molecule has 2 aromatic carbocycles.